The molecule has 0 unspecified atom stereocenters. The van der Waals surface area contributed by atoms with Crippen molar-refractivity contribution < 1.29 is 19.5 Å². The van der Waals surface area contributed by atoms with Gasteiger partial charge in [0.25, 0.3) is 11.8 Å². The van der Waals surface area contributed by atoms with Crippen LogP contribution in [0.25, 0.3) is 0 Å². The Morgan fingerprint density at radius 1 is 1.26 bits per heavy atom. The predicted octanol–water partition coefficient (Wildman–Crippen LogP) is -0.212. The minimum atomic E-state index is -1.13. The number of carbonyl (C=O) groups is 3. The molecule has 1 saturated carbocycles. The fourth-order valence-electron chi connectivity index (χ4n) is 1.60. The summed E-state index contributed by atoms with van der Waals surface area (Å²) in [4.78, 5) is 37.9. The monoisotopic (exact) mass is 263 g/mol. The molecule has 0 bridgehead atoms. The molecule has 1 aromatic heterocycles. The molecule has 3 N–H and O–H groups in total. The molecule has 100 valence electrons. The molecule has 7 nitrogen and oxygen atoms in total. The number of aliphatic carboxylic acids is 1. The number of aromatic nitrogens is 1. The lowest BCUT2D eigenvalue weighted by atomic mass is 10.2. The van der Waals surface area contributed by atoms with Gasteiger partial charge < -0.3 is 15.7 Å². The third kappa shape index (κ3) is 2.54. The fourth-order valence-corrected chi connectivity index (χ4v) is 1.60. The lowest BCUT2D eigenvalue weighted by Gasteiger charge is -2.12. The first kappa shape index (κ1) is 13.0. The molecule has 0 aromatic carbocycles. The van der Waals surface area contributed by atoms with Gasteiger partial charge in [0.15, 0.2) is 0 Å². The van der Waals surface area contributed by atoms with Crippen LogP contribution in [0, 0.1) is 0 Å². The number of rotatable bonds is 4. The molecule has 2 amide bonds. The molecule has 0 aliphatic heterocycles. The SMILES string of the molecule is CNC(=O)c1ccc(C(=O)NC2(C(=O)O)CC2)cn1. The van der Waals surface area contributed by atoms with Crippen LogP contribution in [0.1, 0.15) is 33.7 Å². The molecular formula is C12H13N3O4. The lowest BCUT2D eigenvalue weighted by molar-refractivity contribution is -0.140. The van der Waals surface area contributed by atoms with Crippen molar-refractivity contribution in [2.24, 2.45) is 0 Å². The van der Waals surface area contributed by atoms with E-state index in [9.17, 15) is 14.4 Å². The predicted molar refractivity (Wildman–Crippen MR) is 64.7 cm³/mol. The second kappa shape index (κ2) is 4.68. The zero-order chi connectivity index (χ0) is 14.0. The van der Waals surface area contributed by atoms with Gasteiger partial charge in [0.05, 0.1) is 5.56 Å². The highest BCUT2D eigenvalue weighted by Gasteiger charge is 2.51. The number of hydrogen-bond donors (Lipinski definition) is 3. The van der Waals surface area contributed by atoms with Crippen LogP contribution in [0.4, 0.5) is 0 Å². The molecule has 0 saturated heterocycles. The Kier molecular flexibility index (Phi) is 3.20. The average molecular weight is 263 g/mol. The molecule has 1 aliphatic carbocycles. The Morgan fingerprint density at radius 2 is 1.95 bits per heavy atom. The molecule has 2 rings (SSSR count). The van der Waals surface area contributed by atoms with E-state index in [0.29, 0.717) is 12.8 Å². The van der Waals surface area contributed by atoms with Crippen LogP contribution in [0.5, 0.6) is 0 Å². The average Bonchev–Trinajstić information content (AvgIpc) is 3.19. The van der Waals surface area contributed by atoms with Gasteiger partial charge in [-0.2, -0.15) is 0 Å². The highest BCUT2D eigenvalue weighted by molar-refractivity contribution is 5.99. The maximum Gasteiger partial charge on any atom is 0.329 e. The standard InChI is InChI=1S/C12H13N3O4/c1-13-10(17)8-3-2-7(6-14-8)9(16)15-12(4-5-12)11(18)19/h2-3,6H,4-5H2,1H3,(H,13,17)(H,15,16)(H,18,19). The number of pyridine rings is 1. The first-order valence-corrected chi connectivity index (χ1v) is 5.72. The van der Waals surface area contributed by atoms with Crippen molar-refractivity contribution in [2.45, 2.75) is 18.4 Å². The Bertz CT molecular complexity index is 534. The number of nitrogens with one attached hydrogen (secondary N) is 2. The molecule has 19 heavy (non-hydrogen) atoms. The molecule has 1 aliphatic rings. The first-order valence-electron chi connectivity index (χ1n) is 5.72. The summed E-state index contributed by atoms with van der Waals surface area (Å²) < 4.78 is 0. The van der Waals surface area contributed by atoms with Crippen LogP contribution in [0.15, 0.2) is 18.3 Å². The summed E-state index contributed by atoms with van der Waals surface area (Å²) in [6, 6.07) is 2.85. The summed E-state index contributed by atoms with van der Waals surface area (Å²) in [6.07, 6.45) is 2.10. The molecule has 1 aromatic rings. The second-order valence-corrected chi connectivity index (χ2v) is 4.35. The molecule has 7 heteroatoms. The van der Waals surface area contributed by atoms with Gasteiger partial charge in [-0.05, 0) is 25.0 Å². The summed E-state index contributed by atoms with van der Waals surface area (Å²) in [5, 5.41) is 13.8. The summed E-state index contributed by atoms with van der Waals surface area (Å²) >= 11 is 0. The Morgan fingerprint density at radius 3 is 2.37 bits per heavy atom. The summed E-state index contributed by atoms with van der Waals surface area (Å²) in [5.41, 5.74) is -0.713. The number of carboxylic acid groups (broad SMARTS) is 1. The van der Waals surface area contributed by atoms with E-state index in [1.807, 2.05) is 0 Å². The second-order valence-electron chi connectivity index (χ2n) is 4.35. The first-order chi connectivity index (χ1) is 8.98. The maximum absolute atomic E-state index is 11.8. The number of nitrogens with zero attached hydrogens (tertiary/aromatic N) is 1. The van der Waals surface area contributed by atoms with Crippen LogP contribution in [-0.2, 0) is 4.79 Å². The molecule has 1 heterocycles. The molecule has 0 atom stereocenters. The van der Waals surface area contributed by atoms with Crippen molar-refractivity contribution in [3.63, 3.8) is 0 Å². The van der Waals surface area contributed by atoms with Crippen molar-refractivity contribution in [3.8, 4) is 0 Å². The van der Waals surface area contributed by atoms with E-state index in [0.717, 1.165) is 0 Å². The van der Waals surface area contributed by atoms with Gasteiger partial charge >= 0.3 is 5.97 Å². The van der Waals surface area contributed by atoms with E-state index in [2.05, 4.69) is 15.6 Å². The van der Waals surface area contributed by atoms with Crippen molar-refractivity contribution in [3.05, 3.63) is 29.6 Å². The van der Waals surface area contributed by atoms with Crippen molar-refractivity contribution in [1.82, 2.24) is 15.6 Å². The van der Waals surface area contributed by atoms with E-state index in [1.54, 1.807) is 0 Å². The van der Waals surface area contributed by atoms with Gasteiger partial charge in [0, 0.05) is 13.2 Å². The Labute approximate surface area is 109 Å². The van der Waals surface area contributed by atoms with Gasteiger partial charge in [-0.25, -0.2) is 4.79 Å². The van der Waals surface area contributed by atoms with Crippen LogP contribution < -0.4 is 10.6 Å². The van der Waals surface area contributed by atoms with Crippen LogP contribution in [-0.4, -0.2) is 40.5 Å². The van der Waals surface area contributed by atoms with Crippen LogP contribution in [0.3, 0.4) is 0 Å². The lowest BCUT2D eigenvalue weighted by Crippen LogP contribution is -2.43. The van der Waals surface area contributed by atoms with Crippen LogP contribution in [0.2, 0.25) is 0 Å². The Hall–Kier alpha value is -2.44. The Balaban J connectivity index is 2.08. The van der Waals surface area contributed by atoms with E-state index in [4.69, 9.17) is 5.11 Å². The number of carboxylic acids is 1. The third-order valence-corrected chi connectivity index (χ3v) is 3.00. The number of hydrogen-bond acceptors (Lipinski definition) is 4. The number of amides is 2. The summed E-state index contributed by atoms with van der Waals surface area (Å²) in [6.45, 7) is 0. The van der Waals surface area contributed by atoms with E-state index in [-0.39, 0.29) is 17.2 Å². The van der Waals surface area contributed by atoms with Gasteiger partial charge in [-0.1, -0.05) is 0 Å². The minimum Gasteiger partial charge on any atom is -0.480 e. The van der Waals surface area contributed by atoms with Gasteiger partial charge in [0.1, 0.15) is 11.2 Å². The highest BCUT2D eigenvalue weighted by Crippen LogP contribution is 2.35. The maximum atomic E-state index is 11.8. The molecular weight excluding hydrogens is 250 g/mol. The third-order valence-electron chi connectivity index (χ3n) is 3.00. The van der Waals surface area contributed by atoms with Crippen molar-refractivity contribution in [2.75, 3.05) is 7.05 Å². The van der Waals surface area contributed by atoms with Gasteiger partial charge in [0.2, 0.25) is 0 Å². The van der Waals surface area contributed by atoms with Crippen LogP contribution >= 0.6 is 0 Å². The zero-order valence-electron chi connectivity index (χ0n) is 10.3. The molecule has 0 radical (unpaired) electrons. The normalized spacial score (nSPS) is 15.4. The van der Waals surface area contributed by atoms with E-state index < -0.39 is 17.4 Å². The summed E-state index contributed by atoms with van der Waals surface area (Å²) in [7, 11) is 1.48. The topological polar surface area (TPSA) is 108 Å². The fraction of sp³-hybridized carbons (Fsp3) is 0.333. The molecule has 1 fully saturated rings. The van der Waals surface area contributed by atoms with Crippen molar-refractivity contribution >= 4 is 17.8 Å². The zero-order valence-corrected chi connectivity index (χ0v) is 10.3. The van der Waals surface area contributed by atoms with Gasteiger partial charge in [-0.15, -0.1) is 0 Å². The molecule has 0 spiro atoms. The summed E-state index contributed by atoms with van der Waals surface area (Å²) in [5.74, 6) is -1.89. The van der Waals surface area contributed by atoms with Crippen molar-refractivity contribution in [1.29, 1.82) is 0 Å². The highest BCUT2D eigenvalue weighted by atomic mass is 16.4. The van der Waals surface area contributed by atoms with Gasteiger partial charge in [-0.3, -0.25) is 14.6 Å². The number of carbonyl (C=O) groups excluding carboxylic acids is 2. The minimum absolute atomic E-state index is 0.193. The quantitative estimate of drug-likeness (QED) is 0.696. The van der Waals surface area contributed by atoms with E-state index in [1.165, 1.54) is 25.4 Å². The van der Waals surface area contributed by atoms with E-state index >= 15 is 0 Å². The smallest absolute Gasteiger partial charge is 0.329 e. The largest absolute Gasteiger partial charge is 0.480 e.